The molecule has 0 saturated carbocycles. The van der Waals surface area contributed by atoms with Gasteiger partial charge >= 0.3 is 0 Å². The van der Waals surface area contributed by atoms with Gasteiger partial charge in [-0.15, -0.1) is 0 Å². The third-order valence-corrected chi connectivity index (χ3v) is 5.10. The van der Waals surface area contributed by atoms with Crippen molar-refractivity contribution in [3.63, 3.8) is 0 Å². The number of benzene rings is 2. The maximum Gasteiger partial charge on any atom is 0.261 e. The van der Waals surface area contributed by atoms with E-state index in [1.165, 1.54) is 0 Å². The molecule has 2 aromatic rings. The lowest BCUT2D eigenvalue weighted by atomic mass is 10.0. The molecule has 0 aliphatic carbocycles. The highest BCUT2D eigenvalue weighted by Crippen LogP contribution is 2.35. The lowest BCUT2D eigenvalue weighted by molar-refractivity contribution is -0.127. The summed E-state index contributed by atoms with van der Waals surface area (Å²) in [4.78, 5) is 14.7. The van der Waals surface area contributed by atoms with Crippen LogP contribution in [0.5, 0.6) is 17.2 Å². The van der Waals surface area contributed by atoms with Gasteiger partial charge in [-0.1, -0.05) is 17.7 Å². The number of nitrogens with zero attached hydrogens (tertiary/aromatic N) is 1. The average molecular weight is 389 g/mol. The number of halogens is 1. The van der Waals surface area contributed by atoms with Gasteiger partial charge < -0.3 is 24.4 Å². The zero-order chi connectivity index (χ0) is 19.0. The Morgan fingerprint density at radius 1 is 1.19 bits per heavy atom. The van der Waals surface area contributed by atoms with E-state index in [0.717, 1.165) is 28.4 Å². The van der Waals surface area contributed by atoms with E-state index in [1.807, 2.05) is 38.4 Å². The van der Waals surface area contributed by atoms with Gasteiger partial charge in [-0.25, -0.2) is 0 Å². The molecule has 0 aromatic heterocycles. The first-order chi connectivity index (χ1) is 13.0. The average Bonchev–Trinajstić information content (AvgIpc) is 3.27. The highest BCUT2D eigenvalue weighted by atomic mass is 35.5. The van der Waals surface area contributed by atoms with Crippen molar-refractivity contribution >= 4 is 17.5 Å². The number of ether oxygens (including phenoxy) is 3. The summed E-state index contributed by atoms with van der Waals surface area (Å²) in [5.74, 6) is 2.07. The molecule has 4 rings (SSSR count). The van der Waals surface area contributed by atoms with E-state index < -0.39 is 6.10 Å². The molecule has 6 nitrogen and oxygen atoms in total. The largest absolute Gasteiger partial charge is 0.480 e. The monoisotopic (exact) mass is 388 g/mol. The second-order valence-corrected chi connectivity index (χ2v) is 7.34. The van der Waals surface area contributed by atoms with Crippen molar-refractivity contribution in [1.82, 2.24) is 10.2 Å². The van der Waals surface area contributed by atoms with Crippen LogP contribution in [-0.4, -0.2) is 44.3 Å². The fourth-order valence-electron chi connectivity index (χ4n) is 3.39. The van der Waals surface area contributed by atoms with Crippen LogP contribution in [0.3, 0.4) is 0 Å². The van der Waals surface area contributed by atoms with Crippen molar-refractivity contribution in [1.29, 1.82) is 0 Å². The zero-order valence-corrected chi connectivity index (χ0v) is 16.0. The first-order valence-electron chi connectivity index (χ1n) is 8.80. The number of nitrogens with one attached hydrogen (secondary N) is 1. The van der Waals surface area contributed by atoms with Gasteiger partial charge in [-0.3, -0.25) is 4.79 Å². The molecule has 27 heavy (non-hydrogen) atoms. The maximum absolute atomic E-state index is 12.6. The van der Waals surface area contributed by atoms with Crippen LogP contribution in [-0.2, 0) is 11.2 Å². The quantitative estimate of drug-likeness (QED) is 0.853. The standard InChI is InChI=1S/C20H21ClN2O4/c1-23(2)15(12-3-5-17-18(8-12)26-11-25-17)10-22-20(24)19-9-13-7-14(21)4-6-16(13)27-19/h3-8,15,19H,9-11H2,1-2H3,(H,22,24)/t15-,19+/m1/s1. The minimum atomic E-state index is -0.530. The molecular formula is C20H21ClN2O4. The second kappa shape index (κ2) is 7.29. The van der Waals surface area contributed by atoms with Crippen LogP contribution in [0.2, 0.25) is 5.02 Å². The molecule has 142 valence electrons. The molecule has 0 saturated heterocycles. The van der Waals surface area contributed by atoms with E-state index in [2.05, 4.69) is 10.2 Å². The lowest BCUT2D eigenvalue weighted by Crippen LogP contribution is -2.41. The van der Waals surface area contributed by atoms with Gasteiger partial charge in [0, 0.05) is 18.0 Å². The van der Waals surface area contributed by atoms with Crippen molar-refractivity contribution in [2.75, 3.05) is 27.4 Å². The predicted octanol–water partition coefficient (Wildman–Crippen LogP) is 2.79. The van der Waals surface area contributed by atoms with Crippen molar-refractivity contribution < 1.29 is 19.0 Å². The molecular weight excluding hydrogens is 368 g/mol. The summed E-state index contributed by atoms with van der Waals surface area (Å²) in [5.41, 5.74) is 2.01. The Morgan fingerprint density at radius 3 is 2.78 bits per heavy atom. The molecule has 1 N–H and O–H groups in total. The van der Waals surface area contributed by atoms with Gasteiger partial charge in [0.2, 0.25) is 6.79 Å². The zero-order valence-electron chi connectivity index (χ0n) is 15.2. The van der Waals surface area contributed by atoms with Gasteiger partial charge in [0.15, 0.2) is 17.6 Å². The Bertz CT molecular complexity index is 871. The van der Waals surface area contributed by atoms with Crippen LogP contribution < -0.4 is 19.5 Å². The van der Waals surface area contributed by atoms with E-state index in [1.54, 1.807) is 12.1 Å². The van der Waals surface area contributed by atoms with Crippen LogP contribution in [0.15, 0.2) is 36.4 Å². The Kier molecular flexibility index (Phi) is 4.85. The molecule has 0 radical (unpaired) electrons. The van der Waals surface area contributed by atoms with Crippen molar-refractivity contribution in [2.45, 2.75) is 18.6 Å². The SMILES string of the molecule is CN(C)[C@H](CNC(=O)[C@@H]1Cc2cc(Cl)ccc2O1)c1ccc2c(c1)OCO2. The number of carbonyl (C=O) groups excluding carboxylic acids is 1. The summed E-state index contributed by atoms with van der Waals surface area (Å²) in [5, 5.41) is 3.66. The second-order valence-electron chi connectivity index (χ2n) is 6.90. The normalized spacial score (nSPS) is 18.1. The van der Waals surface area contributed by atoms with E-state index in [9.17, 15) is 4.79 Å². The van der Waals surface area contributed by atoms with Gasteiger partial charge in [-0.2, -0.15) is 0 Å². The molecule has 2 aliphatic heterocycles. The van der Waals surface area contributed by atoms with Gasteiger partial charge in [-0.05, 0) is 55.6 Å². The van der Waals surface area contributed by atoms with Gasteiger partial charge in [0.25, 0.3) is 5.91 Å². The topological polar surface area (TPSA) is 60.0 Å². The molecule has 0 fully saturated rings. The van der Waals surface area contributed by atoms with E-state index in [-0.39, 0.29) is 18.7 Å². The van der Waals surface area contributed by atoms with E-state index in [4.69, 9.17) is 25.8 Å². The number of hydrogen-bond donors (Lipinski definition) is 1. The van der Waals surface area contributed by atoms with Gasteiger partial charge in [0.05, 0.1) is 6.04 Å². The number of amides is 1. The summed E-state index contributed by atoms with van der Waals surface area (Å²) in [6.45, 7) is 0.703. The molecule has 2 heterocycles. The smallest absolute Gasteiger partial charge is 0.261 e. The molecule has 0 bridgehead atoms. The summed E-state index contributed by atoms with van der Waals surface area (Å²) in [6.07, 6.45) is -0.00343. The minimum Gasteiger partial charge on any atom is -0.480 e. The molecule has 2 aliphatic rings. The minimum absolute atomic E-state index is 0.00155. The first-order valence-corrected chi connectivity index (χ1v) is 9.18. The summed E-state index contributed by atoms with van der Waals surface area (Å²) in [6, 6.07) is 11.3. The Morgan fingerprint density at radius 2 is 1.96 bits per heavy atom. The number of likely N-dealkylation sites (N-methyl/N-ethyl adjacent to an activating group) is 1. The van der Waals surface area contributed by atoms with E-state index >= 15 is 0 Å². The van der Waals surface area contributed by atoms with Crippen molar-refractivity contribution in [3.05, 3.63) is 52.5 Å². The number of hydrogen-bond acceptors (Lipinski definition) is 5. The highest BCUT2D eigenvalue weighted by Gasteiger charge is 2.30. The van der Waals surface area contributed by atoms with E-state index in [0.29, 0.717) is 18.0 Å². The fourth-order valence-corrected chi connectivity index (χ4v) is 3.59. The summed E-state index contributed by atoms with van der Waals surface area (Å²) >= 11 is 6.02. The van der Waals surface area contributed by atoms with Crippen LogP contribution in [0, 0.1) is 0 Å². The molecule has 7 heteroatoms. The van der Waals surface area contributed by atoms with Crippen molar-refractivity contribution in [3.8, 4) is 17.2 Å². The molecule has 0 spiro atoms. The van der Waals surface area contributed by atoms with Crippen LogP contribution in [0.4, 0.5) is 0 Å². The molecule has 0 unspecified atom stereocenters. The maximum atomic E-state index is 12.6. The Balaban J connectivity index is 1.41. The van der Waals surface area contributed by atoms with Crippen LogP contribution in [0.25, 0.3) is 0 Å². The third-order valence-electron chi connectivity index (χ3n) is 4.86. The number of fused-ring (bicyclic) bond motifs is 2. The Labute approximate surface area is 163 Å². The summed E-state index contributed by atoms with van der Waals surface area (Å²) in [7, 11) is 3.96. The van der Waals surface area contributed by atoms with Crippen LogP contribution in [0.1, 0.15) is 17.2 Å². The Hall–Kier alpha value is -2.44. The lowest BCUT2D eigenvalue weighted by Gasteiger charge is -2.26. The van der Waals surface area contributed by atoms with Crippen molar-refractivity contribution in [2.24, 2.45) is 0 Å². The van der Waals surface area contributed by atoms with Gasteiger partial charge in [0.1, 0.15) is 5.75 Å². The van der Waals surface area contributed by atoms with Crippen LogP contribution >= 0.6 is 11.6 Å². The molecule has 1 amide bonds. The highest BCUT2D eigenvalue weighted by molar-refractivity contribution is 6.30. The first kappa shape index (κ1) is 17.9. The molecule has 2 aromatic carbocycles. The fraction of sp³-hybridized carbons (Fsp3) is 0.350. The number of carbonyl (C=O) groups is 1. The summed E-state index contributed by atoms with van der Waals surface area (Å²) < 4.78 is 16.6. The third kappa shape index (κ3) is 3.68. The predicted molar refractivity (Wildman–Crippen MR) is 102 cm³/mol. The molecule has 2 atom stereocenters. The number of rotatable bonds is 5.